The van der Waals surface area contributed by atoms with Gasteiger partial charge in [0.2, 0.25) is 0 Å². The number of carbonyl (C=O) groups excluding carboxylic acids is 1. The van der Waals surface area contributed by atoms with Gasteiger partial charge in [0.05, 0.1) is 5.56 Å². The Bertz CT molecular complexity index is 1010. The lowest BCUT2D eigenvalue weighted by atomic mass is 10.0. The summed E-state index contributed by atoms with van der Waals surface area (Å²) in [6.07, 6.45) is 2.93. The number of fused-ring (bicyclic) bond motifs is 1. The second-order valence-corrected chi connectivity index (χ2v) is 7.24. The van der Waals surface area contributed by atoms with E-state index in [1.54, 1.807) is 16.6 Å². The Morgan fingerprint density at radius 2 is 2.12 bits per heavy atom. The molecule has 1 aromatic carbocycles. The summed E-state index contributed by atoms with van der Waals surface area (Å²) in [5.74, 6) is 1.02. The topological polar surface area (TPSA) is 47.3 Å². The third-order valence-electron chi connectivity index (χ3n) is 5.35. The zero-order valence-corrected chi connectivity index (χ0v) is 13.9. The van der Waals surface area contributed by atoms with Crippen LogP contribution in [0.5, 0.6) is 0 Å². The molecule has 2 aromatic heterocycles. The minimum Gasteiger partial charge on any atom is -0.299 e. The van der Waals surface area contributed by atoms with Gasteiger partial charge in [0.25, 0.3) is 0 Å². The van der Waals surface area contributed by atoms with Gasteiger partial charge in [-0.3, -0.25) is 4.79 Å². The lowest BCUT2D eigenvalue weighted by molar-refractivity contribution is -0.121. The maximum atomic E-state index is 14.7. The quantitative estimate of drug-likeness (QED) is 0.718. The van der Waals surface area contributed by atoms with Crippen LogP contribution in [0.3, 0.4) is 0 Å². The van der Waals surface area contributed by atoms with E-state index in [9.17, 15) is 9.18 Å². The van der Waals surface area contributed by atoms with Gasteiger partial charge in [-0.05, 0) is 61.9 Å². The van der Waals surface area contributed by atoms with E-state index in [0.29, 0.717) is 22.8 Å². The van der Waals surface area contributed by atoms with E-state index in [-0.39, 0.29) is 25.0 Å². The summed E-state index contributed by atoms with van der Waals surface area (Å²) in [5, 5.41) is 4.42. The number of carbonyl (C=O) groups is 1. The van der Waals surface area contributed by atoms with Crippen LogP contribution < -0.4 is 0 Å². The van der Waals surface area contributed by atoms with E-state index in [2.05, 4.69) is 10.1 Å². The molecule has 2 atom stereocenters. The Kier molecular flexibility index (Phi) is 3.08. The third kappa shape index (κ3) is 2.46. The predicted octanol–water partition coefficient (Wildman–Crippen LogP) is 4.17. The van der Waals surface area contributed by atoms with Crippen LogP contribution in [0.1, 0.15) is 37.9 Å². The Labute approximate surface area is 146 Å². The molecule has 0 spiro atoms. The Balaban J connectivity index is 0.00000168. The minimum atomic E-state index is -0.324. The molecule has 0 amide bonds. The highest BCUT2D eigenvalue weighted by atomic mass is 19.1. The number of Topliss-reactive ketones (excluding diaryl/α,β-unsaturated/α-hetero) is 1. The monoisotopic (exact) mass is 337 g/mol. The Morgan fingerprint density at radius 3 is 2.84 bits per heavy atom. The van der Waals surface area contributed by atoms with Gasteiger partial charge in [0.1, 0.15) is 11.6 Å². The molecule has 3 aromatic rings. The van der Waals surface area contributed by atoms with Crippen molar-refractivity contribution < 1.29 is 10.6 Å². The van der Waals surface area contributed by atoms with Gasteiger partial charge in [0.15, 0.2) is 11.5 Å². The molecule has 2 aliphatic rings. The summed E-state index contributed by atoms with van der Waals surface area (Å²) in [6.45, 7) is 1.94. The van der Waals surface area contributed by atoms with Crippen molar-refractivity contribution in [3.05, 3.63) is 53.5 Å². The maximum Gasteiger partial charge on any atom is 0.185 e. The van der Waals surface area contributed by atoms with Gasteiger partial charge in [-0.2, -0.15) is 0 Å². The molecule has 25 heavy (non-hydrogen) atoms. The van der Waals surface area contributed by atoms with Crippen LogP contribution in [0.15, 0.2) is 36.4 Å². The van der Waals surface area contributed by atoms with Crippen molar-refractivity contribution in [2.75, 3.05) is 0 Å². The lowest BCUT2D eigenvalue weighted by Gasteiger charge is -2.03. The molecular formula is C20H20FN3O. The van der Waals surface area contributed by atoms with Crippen molar-refractivity contribution in [3.8, 4) is 11.4 Å². The number of rotatable bonds is 4. The molecule has 0 radical (unpaired) electrons. The summed E-state index contributed by atoms with van der Waals surface area (Å²) in [7, 11) is 0. The van der Waals surface area contributed by atoms with Gasteiger partial charge in [-0.25, -0.2) is 13.9 Å². The molecular weight excluding hydrogens is 317 g/mol. The number of hydrogen-bond acceptors (Lipinski definition) is 3. The molecule has 0 bridgehead atoms. The van der Waals surface area contributed by atoms with Crippen molar-refractivity contribution in [2.45, 2.75) is 32.1 Å². The number of hydrogen-bond donors (Lipinski definition) is 0. The zero-order chi connectivity index (χ0) is 17.1. The molecule has 2 heterocycles. The van der Waals surface area contributed by atoms with Gasteiger partial charge < -0.3 is 0 Å². The van der Waals surface area contributed by atoms with Crippen LogP contribution >= 0.6 is 0 Å². The Hall–Kier alpha value is -2.56. The van der Waals surface area contributed by atoms with Crippen molar-refractivity contribution in [2.24, 2.45) is 11.8 Å². The number of halogens is 1. The van der Waals surface area contributed by atoms with Crippen LogP contribution in [-0.4, -0.2) is 20.4 Å². The highest BCUT2D eigenvalue weighted by molar-refractivity contribution is 5.89. The van der Waals surface area contributed by atoms with E-state index in [0.717, 1.165) is 30.5 Å². The Morgan fingerprint density at radius 1 is 1.28 bits per heavy atom. The average molecular weight is 337 g/mol. The number of pyridine rings is 1. The van der Waals surface area contributed by atoms with Gasteiger partial charge in [-0.1, -0.05) is 12.1 Å². The summed E-state index contributed by atoms with van der Waals surface area (Å²) < 4.78 is 16.4. The van der Waals surface area contributed by atoms with Crippen molar-refractivity contribution in [1.82, 2.24) is 14.6 Å². The molecule has 5 rings (SSSR count). The van der Waals surface area contributed by atoms with E-state index >= 15 is 0 Å². The minimum absolute atomic E-state index is 0. The smallest absolute Gasteiger partial charge is 0.185 e. The molecule has 2 fully saturated rings. The lowest BCUT2D eigenvalue weighted by Crippen LogP contribution is -2.04. The standard InChI is InChI=1S/C20H18FN3O.H2/c1-11-3-2-4-18-22-20(23-24(11)18)14-8-7-13(9-17(14)21)15-10-16(15)19(25)12-5-6-12;/h2-4,7-9,12,15-16H,5-6,10H2,1H3;1H/t15?,16-;/m1./s1. The van der Waals surface area contributed by atoms with Crippen LogP contribution in [-0.2, 0) is 4.79 Å². The zero-order valence-electron chi connectivity index (χ0n) is 13.9. The first-order valence-corrected chi connectivity index (χ1v) is 8.78. The van der Waals surface area contributed by atoms with E-state index < -0.39 is 0 Å². The molecule has 2 saturated carbocycles. The van der Waals surface area contributed by atoms with Crippen LogP contribution in [0.2, 0.25) is 0 Å². The SMILES string of the molecule is Cc1cccc2nc(-c3ccc(C4C[C@H]4C(=O)C4CC4)cc3F)nn12.[HH]. The first-order chi connectivity index (χ1) is 12.1. The van der Waals surface area contributed by atoms with E-state index in [1.165, 1.54) is 0 Å². The summed E-state index contributed by atoms with van der Waals surface area (Å²) >= 11 is 0. The fraction of sp³-hybridized carbons (Fsp3) is 0.350. The fourth-order valence-corrected chi connectivity index (χ4v) is 3.64. The predicted molar refractivity (Wildman–Crippen MR) is 93.8 cm³/mol. The summed E-state index contributed by atoms with van der Waals surface area (Å²) in [6, 6.07) is 10.9. The number of aryl methyl sites for hydroxylation is 1. The highest BCUT2D eigenvalue weighted by Gasteiger charge is 2.48. The molecule has 0 N–H and O–H groups in total. The molecule has 5 heteroatoms. The van der Waals surface area contributed by atoms with Gasteiger partial charge in [0, 0.05) is 19.0 Å². The number of benzene rings is 1. The molecule has 128 valence electrons. The largest absolute Gasteiger partial charge is 0.299 e. The third-order valence-corrected chi connectivity index (χ3v) is 5.35. The number of aromatic nitrogens is 3. The summed E-state index contributed by atoms with van der Waals surface area (Å²) in [4.78, 5) is 16.6. The van der Waals surface area contributed by atoms with Crippen LogP contribution in [0.25, 0.3) is 17.0 Å². The average Bonchev–Trinajstić information content (AvgIpc) is 3.51. The van der Waals surface area contributed by atoms with Crippen molar-refractivity contribution in [1.29, 1.82) is 0 Å². The number of ketones is 1. The molecule has 0 aliphatic heterocycles. The normalized spacial score (nSPS) is 22.3. The maximum absolute atomic E-state index is 14.7. The molecule has 1 unspecified atom stereocenters. The molecule has 0 saturated heterocycles. The van der Waals surface area contributed by atoms with Gasteiger partial charge in [-0.15, -0.1) is 5.10 Å². The second-order valence-electron chi connectivity index (χ2n) is 7.24. The highest BCUT2D eigenvalue weighted by Crippen LogP contribution is 2.52. The summed E-state index contributed by atoms with van der Waals surface area (Å²) in [5.41, 5.74) is 2.97. The van der Waals surface area contributed by atoms with Crippen LogP contribution in [0.4, 0.5) is 4.39 Å². The second kappa shape index (κ2) is 5.22. The number of nitrogens with zero attached hydrogens (tertiary/aromatic N) is 3. The molecule has 2 aliphatic carbocycles. The van der Waals surface area contributed by atoms with Crippen LogP contribution in [0, 0.1) is 24.6 Å². The molecule has 4 nitrogen and oxygen atoms in total. The van der Waals surface area contributed by atoms with E-state index in [4.69, 9.17) is 0 Å². The van der Waals surface area contributed by atoms with Crippen molar-refractivity contribution >= 4 is 11.4 Å². The van der Waals surface area contributed by atoms with Gasteiger partial charge >= 0.3 is 0 Å². The fourth-order valence-electron chi connectivity index (χ4n) is 3.64. The first kappa shape index (κ1) is 14.8. The van der Waals surface area contributed by atoms with Crippen molar-refractivity contribution in [3.63, 3.8) is 0 Å². The van der Waals surface area contributed by atoms with E-state index in [1.807, 2.05) is 31.2 Å². The first-order valence-electron chi connectivity index (χ1n) is 8.78.